The second-order valence-electron chi connectivity index (χ2n) is 12.5. The number of aromatic nitrogens is 4. The van der Waals surface area contributed by atoms with E-state index in [9.17, 15) is 4.79 Å². The number of rotatable bonds is 8. The molecule has 2 saturated heterocycles. The lowest BCUT2D eigenvalue weighted by atomic mass is 9.86. The number of anilines is 2. The summed E-state index contributed by atoms with van der Waals surface area (Å²) in [6.45, 7) is 5.57. The summed E-state index contributed by atoms with van der Waals surface area (Å²) in [6, 6.07) is 4.68. The fraction of sp³-hybridized carbons (Fsp3) is 0.562. The first kappa shape index (κ1) is 28.5. The number of H-pyrrole nitrogens is 1. The van der Waals surface area contributed by atoms with Crippen LogP contribution in [0.4, 0.5) is 11.5 Å². The number of piperidine rings is 2. The molecule has 5 heterocycles. The summed E-state index contributed by atoms with van der Waals surface area (Å²) < 4.78 is 6.38. The Morgan fingerprint density at radius 2 is 1.95 bits per heavy atom. The molecule has 3 aliphatic rings. The number of carbonyl (C=O) groups is 1. The van der Waals surface area contributed by atoms with Gasteiger partial charge in [0, 0.05) is 47.9 Å². The predicted octanol–water partition coefficient (Wildman–Crippen LogP) is 4.83. The Morgan fingerprint density at radius 3 is 2.77 bits per heavy atom. The molecule has 1 aliphatic carbocycles. The van der Waals surface area contributed by atoms with E-state index in [1.807, 2.05) is 12.3 Å². The largest absolute Gasteiger partial charge is 0.490 e. The maximum Gasteiger partial charge on any atom is 0.226 e. The first-order chi connectivity index (χ1) is 21.0. The van der Waals surface area contributed by atoms with Crippen LogP contribution in [-0.4, -0.2) is 100 Å². The van der Waals surface area contributed by atoms with Gasteiger partial charge in [-0.1, -0.05) is 6.42 Å². The number of ether oxygens (including phenoxy) is 1. The Hall–Kier alpha value is -3.28. The fourth-order valence-corrected chi connectivity index (χ4v) is 8.33. The number of thiophene rings is 1. The van der Waals surface area contributed by atoms with E-state index in [0.717, 1.165) is 103 Å². The minimum atomic E-state index is 0.0456. The number of aromatic amines is 1. The van der Waals surface area contributed by atoms with Crippen molar-refractivity contribution in [3.8, 4) is 5.75 Å². The number of amides is 1. The Bertz CT molecular complexity index is 1590. The van der Waals surface area contributed by atoms with Gasteiger partial charge < -0.3 is 19.9 Å². The van der Waals surface area contributed by atoms with Crippen molar-refractivity contribution >= 4 is 49.9 Å². The van der Waals surface area contributed by atoms with Crippen LogP contribution in [0.5, 0.6) is 5.75 Å². The number of nitrogens with zero attached hydrogens (tertiary/aromatic N) is 6. The van der Waals surface area contributed by atoms with Gasteiger partial charge in [0.15, 0.2) is 0 Å². The Balaban J connectivity index is 1.10. The lowest BCUT2D eigenvalue weighted by molar-refractivity contribution is -0.137. The molecule has 1 atom stereocenters. The second-order valence-corrected chi connectivity index (χ2v) is 13.6. The third kappa shape index (κ3) is 5.94. The second kappa shape index (κ2) is 12.4. The maximum absolute atomic E-state index is 13.5. The van der Waals surface area contributed by atoms with Gasteiger partial charge in [-0.2, -0.15) is 5.10 Å². The van der Waals surface area contributed by atoms with Gasteiger partial charge in [-0.15, -0.1) is 11.3 Å². The smallest absolute Gasteiger partial charge is 0.226 e. The zero-order valence-corrected chi connectivity index (χ0v) is 26.1. The van der Waals surface area contributed by atoms with E-state index in [1.54, 1.807) is 17.7 Å². The minimum absolute atomic E-state index is 0.0456. The molecule has 10 nitrogen and oxygen atoms in total. The van der Waals surface area contributed by atoms with Crippen LogP contribution < -0.4 is 10.1 Å². The zero-order chi connectivity index (χ0) is 29.3. The lowest BCUT2D eigenvalue weighted by Gasteiger charge is -2.37. The first-order valence-electron chi connectivity index (χ1n) is 15.8. The number of hydrogen-bond donors (Lipinski definition) is 2. The quantitative estimate of drug-likeness (QED) is 0.296. The highest BCUT2D eigenvalue weighted by molar-refractivity contribution is 7.19. The molecule has 228 valence electrons. The average molecular weight is 603 g/mol. The van der Waals surface area contributed by atoms with E-state index in [0.29, 0.717) is 18.6 Å². The maximum atomic E-state index is 13.5. The number of hydrogen-bond acceptors (Lipinski definition) is 9. The van der Waals surface area contributed by atoms with Crippen molar-refractivity contribution in [2.45, 2.75) is 57.4 Å². The van der Waals surface area contributed by atoms with Crippen molar-refractivity contribution in [3.05, 3.63) is 35.1 Å². The molecular formula is C32H42N8O2S. The summed E-state index contributed by atoms with van der Waals surface area (Å²) >= 11 is 1.71. The molecule has 43 heavy (non-hydrogen) atoms. The molecule has 2 aliphatic heterocycles. The summed E-state index contributed by atoms with van der Waals surface area (Å²) in [4.78, 5) is 32.0. The molecule has 0 saturated carbocycles. The molecule has 1 aromatic carbocycles. The van der Waals surface area contributed by atoms with Gasteiger partial charge >= 0.3 is 0 Å². The van der Waals surface area contributed by atoms with Crippen LogP contribution >= 0.6 is 11.3 Å². The van der Waals surface area contributed by atoms with E-state index >= 15 is 0 Å². The Labute approximate surface area is 256 Å². The standard InChI is InChI=1S/C32H42N8O2S/c1-38(2)23-8-12-40(13-9-23)32(41)21-6-7-24-28(17-21)43-31-29(24)30(33-20-34-31)36-26-16-22-19-35-37-25(22)18-27(26)42-15-14-39-10-4-3-5-11-39/h16,18-21,23H,3-15,17H2,1-2H3,(H,35,37)(H,33,34,36)/t21-/m0/s1. The predicted molar refractivity (Wildman–Crippen MR) is 171 cm³/mol. The van der Waals surface area contributed by atoms with Gasteiger partial charge in [-0.05, 0) is 83.8 Å². The number of carbonyl (C=O) groups excluding carboxylic acids is 1. The third-order valence-corrected chi connectivity index (χ3v) is 10.8. The molecule has 11 heteroatoms. The van der Waals surface area contributed by atoms with Crippen LogP contribution in [0, 0.1) is 5.92 Å². The fourth-order valence-electron chi connectivity index (χ4n) is 7.06. The SMILES string of the molecule is CN(C)C1CCN(C(=O)[C@H]2CCc3c(sc4ncnc(Nc5cc6cn[nH]c6cc5OCCN5CCCCC5)c34)C2)CC1. The molecule has 2 N–H and O–H groups in total. The highest BCUT2D eigenvalue weighted by atomic mass is 32.1. The van der Waals surface area contributed by atoms with Crippen LogP contribution in [0.25, 0.3) is 21.1 Å². The van der Waals surface area contributed by atoms with Crippen LogP contribution in [0.1, 0.15) is 49.0 Å². The molecular weight excluding hydrogens is 560 g/mol. The summed E-state index contributed by atoms with van der Waals surface area (Å²) in [5.74, 6) is 1.95. The van der Waals surface area contributed by atoms with Crippen molar-refractivity contribution in [2.75, 3.05) is 58.7 Å². The molecule has 4 aromatic rings. The molecule has 0 spiro atoms. The molecule has 0 unspecified atom stereocenters. The van der Waals surface area contributed by atoms with Gasteiger partial charge in [0.05, 0.1) is 22.8 Å². The average Bonchev–Trinajstić information content (AvgIpc) is 3.65. The van der Waals surface area contributed by atoms with Crippen LogP contribution in [0.2, 0.25) is 0 Å². The Kier molecular flexibility index (Phi) is 8.20. The molecule has 3 aromatic heterocycles. The van der Waals surface area contributed by atoms with Crippen molar-refractivity contribution in [2.24, 2.45) is 5.92 Å². The molecule has 7 rings (SSSR count). The van der Waals surface area contributed by atoms with E-state index in [4.69, 9.17) is 9.72 Å². The van der Waals surface area contributed by atoms with E-state index in [-0.39, 0.29) is 5.92 Å². The van der Waals surface area contributed by atoms with Crippen molar-refractivity contribution < 1.29 is 9.53 Å². The van der Waals surface area contributed by atoms with E-state index < -0.39 is 0 Å². The highest BCUT2D eigenvalue weighted by Crippen LogP contribution is 2.42. The number of benzene rings is 1. The zero-order valence-electron chi connectivity index (χ0n) is 25.3. The number of fused-ring (bicyclic) bond motifs is 4. The van der Waals surface area contributed by atoms with Crippen molar-refractivity contribution in [3.63, 3.8) is 0 Å². The molecule has 0 bridgehead atoms. The van der Waals surface area contributed by atoms with Crippen molar-refractivity contribution in [1.29, 1.82) is 0 Å². The number of aryl methyl sites for hydroxylation is 1. The van der Waals surface area contributed by atoms with Crippen molar-refractivity contribution in [1.82, 2.24) is 34.9 Å². The summed E-state index contributed by atoms with van der Waals surface area (Å²) in [5, 5.41) is 13.0. The summed E-state index contributed by atoms with van der Waals surface area (Å²) in [7, 11) is 4.27. The van der Waals surface area contributed by atoms with E-state index in [1.165, 1.54) is 29.7 Å². The van der Waals surface area contributed by atoms with E-state index in [2.05, 4.69) is 55.4 Å². The number of likely N-dealkylation sites (tertiary alicyclic amines) is 2. The first-order valence-corrected chi connectivity index (χ1v) is 16.6. The summed E-state index contributed by atoms with van der Waals surface area (Å²) in [5.41, 5.74) is 3.11. The monoisotopic (exact) mass is 602 g/mol. The minimum Gasteiger partial charge on any atom is -0.490 e. The van der Waals surface area contributed by atoms with Gasteiger partial charge in [-0.25, -0.2) is 9.97 Å². The van der Waals surface area contributed by atoms with Gasteiger partial charge in [0.2, 0.25) is 5.91 Å². The van der Waals surface area contributed by atoms with Crippen LogP contribution in [-0.2, 0) is 17.6 Å². The summed E-state index contributed by atoms with van der Waals surface area (Å²) in [6.07, 6.45) is 12.0. The normalized spacial score (nSPS) is 20.2. The topological polar surface area (TPSA) is 103 Å². The number of nitrogens with one attached hydrogen (secondary N) is 2. The van der Waals surface area contributed by atoms with Crippen LogP contribution in [0.3, 0.4) is 0 Å². The van der Waals surface area contributed by atoms with Gasteiger partial charge in [-0.3, -0.25) is 14.8 Å². The molecule has 0 radical (unpaired) electrons. The molecule has 2 fully saturated rings. The molecule has 1 amide bonds. The van der Waals surface area contributed by atoms with Crippen LogP contribution in [0.15, 0.2) is 24.7 Å². The third-order valence-electron chi connectivity index (χ3n) is 9.61. The Morgan fingerprint density at radius 1 is 1.12 bits per heavy atom. The highest BCUT2D eigenvalue weighted by Gasteiger charge is 2.33. The lowest BCUT2D eigenvalue weighted by Crippen LogP contribution is -2.47. The van der Waals surface area contributed by atoms with Gasteiger partial charge in [0.1, 0.15) is 29.3 Å². The van der Waals surface area contributed by atoms with Gasteiger partial charge in [0.25, 0.3) is 0 Å².